The van der Waals surface area contributed by atoms with E-state index in [9.17, 15) is 43.2 Å². The number of rotatable bonds is 54. The van der Waals surface area contributed by atoms with Crippen LogP contribution in [0.5, 0.6) is 0 Å². The number of carbonyl (C=O) groups is 4. The summed E-state index contributed by atoms with van der Waals surface area (Å²) in [7, 11) is -9.85. The van der Waals surface area contributed by atoms with E-state index in [-0.39, 0.29) is 25.7 Å². The van der Waals surface area contributed by atoms with Crippen molar-refractivity contribution in [1.29, 1.82) is 0 Å². The Morgan fingerprint density at radius 1 is 0.384 bits per heavy atom. The molecule has 0 radical (unpaired) electrons. The molecule has 0 rings (SSSR count). The fraction of sp³-hybridized carbons (Fsp3) is 0.926. The van der Waals surface area contributed by atoms with Crippen LogP contribution in [0.3, 0.4) is 0 Å². The van der Waals surface area contributed by atoms with Crippen molar-refractivity contribution in [2.24, 2.45) is 5.92 Å². The van der Waals surface area contributed by atoms with E-state index in [1.807, 2.05) is 0 Å². The third kappa shape index (κ3) is 48.2. The smallest absolute Gasteiger partial charge is 0.462 e. The predicted octanol–water partition coefficient (Wildman–Crippen LogP) is 13.9. The van der Waals surface area contributed by atoms with E-state index in [1.54, 1.807) is 0 Å². The topological polar surface area (TPSA) is 237 Å². The molecular formula is C54H104O17P2. The minimum atomic E-state index is -4.93. The van der Waals surface area contributed by atoms with Crippen LogP contribution in [0.4, 0.5) is 0 Å². The van der Waals surface area contributed by atoms with Crippen LogP contribution in [-0.2, 0) is 65.4 Å². The molecule has 0 heterocycles. The maximum absolute atomic E-state index is 12.9. The molecule has 73 heavy (non-hydrogen) atoms. The molecule has 19 heteroatoms. The van der Waals surface area contributed by atoms with Crippen molar-refractivity contribution in [1.82, 2.24) is 0 Å². The Morgan fingerprint density at radius 2 is 0.658 bits per heavy atom. The van der Waals surface area contributed by atoms with Crippen LogP contribution in [0.15, 0.2) is 0 Å². The summed E-state index contributed by atoms with van der Waals surface area (Å²) in [5.74, 6) is -1.39. The molecule has 3 N–H and O–H groups in total. The molecular weight excluding hydrogens is 983 g/mol. The van der Waals surface area contributed by atoms with E-state index < -0.39 is 97.5 Å². The molecule has 0 aliphatic rings. The first-order chi connectivity index (χ1) is 35.1. The number of unbranched alkanes of at least 4 members (excludes halogenated alkanes) is 25. The first-order valence-corrected chi connectivity index (χ1v) is 31.7. The fourth-order valence-corrected chi connectivity index (χ4v) is 9.36. The third-order valence-electron chi connectivity index (χ3n) is 12.6. The monoisotopic (exact) mass is 1090 g/mol. The van der Waals surface area contributed by atoms with Crippen molar-refractivity contribution >= 4 is 39.5 Å². The van der Waals surface area contributed by atoms with Gasteiger partial charge in [-0.25, -0.2) is 9.13 Å². The Morgan fingerprint density at radius 3 is 0.973 bits per heavy atom. The summed E-state index contributed by atoms with van der Waals surface area (Å²) >= 11 is 0. The number of carbonyl (C=O) groups excluding carboxylic acids is 4. The van der Waals surface area contributed by atoms with E-state index >= 15 is 0 Å². The average molecular weight is 1090 g/mol. The minimum Gasteiger partial charge on any atom is -0.462 e. The second-order valence-corrected chi connectivity index (χ2v) is 22.8. The highest BCUT2D eigenvalue weighted by atomic mass is 31.2. The summed E-state index contributed by atoms with van der Waals surface area (Å²) in [5, 5.41) is 10.4. The number of ether oxygens (including phenoxy) is 4. The molecule has 6 atom stereocenters. The van der Waals surface area contributed by atoms with Crippen LogP contribution >= 0.6 is 15.6 Å². The molecule has 0 aromatic heterocycles. The highest BCUT2D eigenvalue weighted by molar-refractivity contribution is 7.47. The zero-order chi connectivity index (χ0) is 54.3. The Kier molecular flexibility index (Phi) is 47.1. The van der Waals surface area contributed by atoms with Gasteiger partial charge in [0.25, 0.3) is 0 Å². The van der Waals surface area contributed by atoms with Gasteiger partial charge in [-0.1, -0.05) is 208 Å². The van der Waals surface area contributed by atoms with Gasteiger partial charge in [0.1, 0.15) is 19.3 Å². The SMILES string of the molecule is CCCCCCCCCCC(=O)OC[C@H](COP(=O)(O)OC[C@@H](O)COP(=O)(O)OC[C@@H](COC(=O)CCCCCCC)OC(=O)CCCCCCCCCC)OC(=O)CCCCCCCCCCC(C)CC. The van der Waals surface area contributed by atoms with Crippen molar-refractivity contribution < 1.29 is 80.2 Å². The predicted molar refractivity (Wildman–Crippen MR) is 285 cm³/mol. The van der Waals surface area contributed by atoms with Crippen molar-refractivity contribution in [2.75, 3.05) is 39.6 Å². The highest BCUT2D eigenvalue weighted by Gasteiger charge is 2.30. The molecule has 0 fully saturated rings. The van der Waals surface area contributed by atoms with E-state index in [4.69, 9.17) is 37.0 Å². The Balaban J connectivity index is 5.18. The summed E-state index contributed by atoms with van der Waals surface area (Å²) in [6.07, 6.45) is 28.4. The zero-order valence-corrected chi connectivity index (χ0v) is 48.0. The minimum absolute atomic E-state index is 0.104. The van der Waals surface area contributed by atoms with Gasteiger partial charge < -0.3 is 33.8 Å². The zero-order valence-electron chi connectivity index (χ0n) is 46.3. The molecule has 0 aromatic rings. The first-order valence-electron chi connectivity index (χ1n) is 28.7. The second-order valence-electron chi connectivity index (χ2n) is 19.9. The van der Waals surface area contributed by atoms with Gasteiger partial charge in [0.05, 0.1) is 26.4 Å². The number of esters is 4. The lowest BCUT2D eigenvalue weighted by Crippen LogP contribution is -2.30. The summed E-state index contributed by atoms with van der Waals surface area (Å²) in [6.45, 7) is 6.97. The molecule has 0 aliphatic heterocycles. The molecule has 0 spiro atoms. The van der Waals surface area contributed by atoms with Crippen molar-refractivity contribution in [3.05, 3.63) is 0 Å². The van der Waals surface area contributed by atoms with Gasteiger partial charge in [0.15, 0.2) is 12.2 Å². The number of hydrogen-bond acceptors (Lipinski definition) is 15. The van der Waals surface area contributed by atoms with Crippen molar-refractivity contribution in [3.8, 4) is 0 Å². The van der Waals surface area contributed by atoms with Gasteiger partial charge in [-0.15, -0.1) is 0 Å². The van der Waals surface area contributed by atoms with Crippen LogP contribution in [0.2, 0.25) is 0 Å². The number of aliphatic hydroxyl groups excluding tert-OH is 1. The summed E-state index contributed by atoms with van der Waals surface area (Å²) in [6, 6.07) is 0. The van der Waals surface area contributed by atoms with E-state index in [2.05, 4.69) is 34.6 Å². The number of phosphoric acid groups is 2. The van der Waals surface area contributed by atoms with Gasteiger partial charge >= 0.3 is 39.5 Å². The van der Waals surface area contributed by atoms with Crippen molar-refractivity contribution in [2.45, 2.75) is 278 Å². The lowest BCUT2D eigenvalue weighted by Gasteiger charge is -2.21. The fourth-order valence-electron chi connectivity index (χ4n) is 7.78. The number of hydrogen-bond donors (Lipinski definition) is 3. The molecule has 0 aliphatic carbocycles. The quantitative estimate of drug-likeness (QED) is 0.0222. The maximum atomic E-state index is 12.9. The molecule has 432 valence electrons. The van der Waals surface area contributed by atoms with Gasteiger partial charge in [-0.05, 0) is 31.6 Å². The molecule has 0 amide bonds. The van der Waals surface area contributed by atoms with Gasteiger partial charge in [-0.2, -0.15) is 0 Å². The first kappa shape index (κ1) is 71.1. The molecule has 17 nitrogen and oxygen atoms in total. The van der Waals surface area contributed by atoms with Crippen LogP contribution in [0.25, 0.3) is 0 Å². The molecule has 0 saturated carbocycles. The summed E-state index contributed by atoms with van der Waals surface area (Å²) in [4.78, 5) is 71.3. The molecule has 3 unspecified atom stereocenters. The summed E-state index contributed by atoms with van der Waals surface area (Å²) < 4.78 is 67.3. The molecule has 0 saturated heterocycles. The molecule has 0 bridgehead atoms. The largest absolute Gasteiger partial charge is 0.472 e. The standard InChI is InChI=1S/C54H104O17P2/c1-6-10-13-16-18-23-28-33-38-52(57)65-44-50(71-54(59)40-35-30-25-21-20-22-27-31-36-47(5)9-4)46-69-73(62,63)67-42-48(55)41-66-72(60,61)68-45-49(43-64-51(56)37-32-26-15-12-8-3)70-53(58)39-34-29-24-19-17-14-11-7-2/h47-50,55H,6-46H2,1-5H3,(H,60,61)(H,62,63)/t47?,48-,49+,50+/m0/s1. The van der Waals surface area contributed by atoms with Crippen LogP contribution in [-0.4, -0.2) is 96.7 Å². The number of aliphatic hydroxyl groups is 1. The second kappa shape index (κ2) is 48.4. The van der Waals surface area contributed by atoms with Crippen molar-refractivity contribution in [3.63, 3.8) is 0 Å². The van der Waals surface area contributed by atoms with E-state index in [0.29, 0.717) is 25.7 Å². The van der Waals surface area contributed by atoms with Crippen LogP contribution < -0.4 is 0 Å². The third-order valence-corrected chi connectivity index (χ3v) is 14.5. The van der Waals surface area contributed by atoms with Crippen LogP contribution in [0, 0.1) is 5.92 Å². The molecule has 0 aromatic carbocycles. The van der Waals surface area contributed by atoms with Gasteiger partial charge in [0, 0.05) is 25.7 Å². The van der Waals surface area contributed by atoms with E-state index in [1.165, 1.54) is 64.2 Å². The van der Waals surface area contributed by atoms with Gasteiger partial charge in [0.2, 0.25) is 0 Å². The van der Waals surface area contributed by atoms with Crippen LogP contribution in [0.1, 0.15) is 259 Å². The highest BCUT2D eigenvalue weighted by Crippen LogP contribution is 2.45. The summed E-state index contributed by atoms with van der Waals surface area (Å²) in [5.41, 5.74) is 0. The maximum Gasteiger partial charge on any atom is 0.472 e. The Bertz CT molecular complexity index is 1450. The van der Waals surface area contributed by atoms with Gasteiger partial charge in [-0.3, -0.25) is 37.3 Å². The number of phosphoric ester groups is 2. The lowest BCUT2D eigenvalue weighted by atomic mass is 9.99. The normalized spacial score (nSPS) is 14.9. The van der Waals surface area contributed by atoms with E-state index in [0.717, 1.165) is 115 Å². The lowest BCUT2D eigenvalue weighted by molar-refractivity contribution is -0.161. The average Bonchev–Trinajstić information content (AvgIpc) is 3.36. The Hall–Kier alpha value is -1.94. The Labute approximate surface area is 441 Å².